The van der Waals surface area contributed by atoms with Crippen LogP contribution in [0.1, 0.15) is 56.5 Å². The molecule has 2 bridgehead atoms. The van der Waals surface area contributed by atoms with E-state index >= 15 is 0 Å². The van der Waals surface area contributed by atoms with Gasteiger partial charge in [0.25, 0.3) is 0 Å². The number of fused-ring (bicyclic) bond motifs is 13. The van der Waals surface area contributed by atoms with E-state index < -0.39 is 5.97 Å². The molecule has 0 saturated carbocycles. The van der Waals surface area contributed by atoms with Crippen molar-refractivity contribution in [1.29, 1.82) is 0 Å². The molecular formula is C48H63ClCuN8O3S+2. The van der Waals surface area contributed by atoms with Gasteiger partial charge in [0.05, 0.1) is 11.6 Å². The summed E-state index contributed by atoms with van der Waals surface area (Å²) in [6, 6.07) is 26.3. The van der Waals surface area contributed by atoms with Gasteiger partial charge in [-0.05, 0) is 133 Å². The van der Waals surface area contributed by atoms with Crippen LogP contribution in [0.4, 0.5) is 17.1 Å². The zero-order valence-electron chi connectivity index (χ0n) is 36.6. The van der Waals surface area contributed by atoms with E-state index in [4.69, 9.17) is 16.6 Å². The van der Waals surface area contributed by atoms with Crippen molar-refractivity contribution in [3.63, 3.8) is 0 Å². The summed E-state index contributed by atoms with van der Waals surface area (Å²) in [7, 11) is 0. The molecule has 14 heteroatoms. The molecule has 5 aliphatic rings. The van der Waals surface area contributed by atoms with E-state index in [2.05, 4.69) is 128 Å². The molecule has 0 atom stereocenters. The predicted octanol–water partition coefficient (Wildman–Crippen LogP) is 4.17. The Morgan fingerprint density at radius 2 is 1.44 bits per heavy atom. The summed E-state index contributed by atoms with van der Waals surface area (Å²) in [5.41, 5.74) is 6.95. The van der Waals surface area contributed by atoms with Crippen molar-refractivity contribution in [3.8, 4) is 22.5 Å². The van der Waals surface area contributed by atoms with Crippen LogP contribution in [0.5, 0.6) is 0 Å². The number of piperazine rings is 1. The second-order valence-electron chi connectivity index (χ2n) is 15.9. The Balaban J connectivity index is 0.00000363. The fourth-order valence-electron chi connectivity index (χ4n) is 8.80. The summed E-state index contributed by atoms with van der Waals surface area (Å²) >= 11 is 5.75. The van der Waals surface area contributed by atoms with Gasteiger partial charge in [-0.3, -0.25) is 4.90 Å². The number of anilines is 3. The SMILES string of the molecule is CCN(CC)c1ccc2c(-c3ccc(NC(=S)Nc4ccc(CN5CCCN6CCN(CCCNCC5)CC6)cc4)cc3C(=O)O)c3ccc(=[N+](CC)CC)cc-3oc2c1.[Cl-].[Cu+2]. The molecule has 3 aromatic rings. The predicted molar refractivity (Wildman–Crippen MR) is 252 cm³/mol. The molecule has 3 aromatic carbocycles. The maximum absolute atomic E-state index is 13.0. The molecule has 8 rings (SSSR count). The number of benzene rings is 4. The summed E-state index contributed by atoms with van der Waals surface area (Å²) in [6.07, 6.45) is 2.38. The number of halogens is 1. The van der Waals surface area contributed by atoms with Crippen molar-refractivity contribution < 1.29 is 43.8 Å². The van der Waals surface area contributed by atoms with Crippen molar-refractivity contribution >= 4 is 51.3 Å². The molecule has 3 saturated heterocycles. The van der Waals surface area contributed by atoms with Gasteiger partial charge in [-0.15, -0.1) is 0 Å². The first kappa shape index (κ1) is 49.0. The Bertz CT molecular complexity index is 2290. The maximum atomic E-state index is 13.0. The number of hydrogen-bond acceptors (Lipinski definition) is 8. The number of nitrogens with one attached hydrogen (secondary N) is 3. The second kappa shape index (κ2) is 23.6. The Morgan fingerprint density at radius 1 is 0.774 bits per heavy atom. The van der Waals surface area contributed by atoms with Crippen molar-refractivity contribution in [2.45, 2.75) is 47.1 Å². The van der Waals surface area contributed by atoms with Crippen LogP contribution in [0.25, 0.3) is 33.4 Å². The standard InChI is InChI=1S/C48H62N8O3S.ClH.Cu/c1-5-55(6-2)38-16-19-41-44(32-38)59-45-33-39(56(7-3)8-4)17-20-42(45)46(41)40-18-15-37(31-43(40)47(57)58)51-48(60)50-36-13-11-35(12-14-36)34-54-25-10-24-53-29-27-52(28-30-53)23-9-21-49-22-26-54;;/h11-20,31-33,49H,5-10,21-30,34H2,1-4H3,(H2,50,57,58,60);1H;/q;;+2. The van der Waals surface area contributed by atoms with Crippen molar-refractivity contribution in [2.24, 2.45) is 0 Å². The van der Waals surface area contributed by atoms with Gasteiger partial charge >= 0.3 is 23.0 Å². The number of aromatic carboxylic acids is 1. The molecule has 0 aromatic heterocycles. The Hall–Kier alpha value is -4.04. The molecule has 3 fully saturated rings. The number of carboxylic acid groups (broad SMARTS) is 1. The molecule has 62 heavy (non-hydrogen) atoms. The maximum Gasteiger partial charge on any atom is 2.00 e. The van der Waals surface area contributed by atoms with E-state index in [1.165, 1.54) is 51.1 Å². The quantitative estimate of drug-likeness (QED) is 0.0666. The van der Waals surface area contributed by atoms with E-state index in [9.17, 15) is 9.90 Å². The van der Waals surface area contributed by atoms with Crippen LogP contribution in [-0.2, 0) is 23.6 Å². The fourth-order valence-corrected chi connectivity index (χ4v) is 9.04. The van der Waals surface area contributed by atoms with Crippen molar-refractivity contribution in [1.82, 2.24) is 24.6 Å². The van der Waals surface area contributed by atoms with E-state index in [0.29, 0.717) is 27.7 Å². The van der Waals surface area contributed by atoms with Crippen molar-refractivity contribution in [2.75, 3.05) is 107 Å². The third-order valence-electron chi connectivity index (χ3n) is 12.2. The molecule has 4 heterocycles. The topological polar surface area (TPSA) is 103 Å². The zero-order chi connectivity index (χ0) is 42.0. The number of carboxylic acids is 1. The van der Waals surface area contributed by atoms with E-state index in [0.717, 1.165) is 98.7 Å². The molecule has 335 valence electrons. The van der Waals surface area contributed by atoms with Gasteiger partial charge in [0.1, 0.15) is 24.4 Å². The van der Waals surface area contributed by atoms with Gasteiger partial charge in [0, 0.05) is 105 Å². The van der Waals surface area contributed by atoms with Crippen molar-refractivity contribution in [3.05, 3.63) is 95.3 Å². The summed E-state index contributed by atoms with van der Waals surface area (Å²) in [4.78, 5) is 23.1. The largest absolute Gasteiger partial charge is 2.00 e. The van der Waals surface area contributed by atoms with Gasteiger partial charge in [-0.1, -0.05) is 18.2 Å². The molecule has 0 amide bonds. The smallest absolute Gasteiger partial charge is 1.00 e. The first-order chi connectivity index (χ1) is 29.3. The van der Waals surface area contributed by atoms with Gasteiger partial charge < -0.3 is 52.6 Å². The summed E-state index contributed by atoms with van der Waals surface area (Å²) < 4.78 is 8.92. The molecule has 1 aliphatic carbocycles. The minimum absolute atomic E-state index is 0. The Kier molecular flexibility index (Phi) is 18.6. The minimum Gasteiger partial charge on any atom is -1.00 e. The summed E-state index contributed by atoms with van der Waals surface area (Å²) in [5, 5.41) is 23.2. The fraction of sp³-hybridized carbons (Fsp3) is 0.438. The number of hydrogen-bond donors (Lipinski definition) is 4. The second-order valence-corrected chi connectivity index (χ2v) is 16.3. The van der Waals surface area contributed by atoms with Crippen LogP contribution < -0.4 is 43.2 Å². The van der Waals surface area contributed by atoms with Gasteiger partial charge in [0.15, 0.2) is 5.11 Å². The number of carbonyl (C=O) groups is 1. The average Bonchev–Trinajstić information content (AvgIpc) is 3.25. The molecule has 11 nitrogen and oxygen atoms in total. The third kappa shape index (κ3) is 12.1. The number of nitrogens with zero attached hydrogens (tertiary/aromatic N) is 5. The van der Waals surface area contributed by atoms with Crippen LogP contribution in [0.3, 0.4) is 0 Å². The van der Waals surface area contributed by atoms with Gasteiger partial charge in [-0.25, -0.2) is 9.37 Å². The first-order valence-electron chi connectivity index (χ1n) is 22.0. The zero-order valence-corrected chi connectivity index (χ0v) is 39.1. The Morgan fingerprint density at radius 3 is 2.11 bits per heavy atom. The Labute approximate surface area is 389 Å². The molecular weight excluding hydrogens is 868 g/mol. The average molecular weight is 931 g/mol. The van der Waals surface area contributed by atoms with Crippen LogP contribution in [0.15, 0.2) is 83.3 Å². The first-order valence-corrected chi connectivity index (χ1v) is 22.4. The normalized spacial score (nSPS) is 17.4. The van der Waals surface area contributed by atoms with Crippen LogP contribution >= 0.6 is 12.2 Å². The van der Waals surface area contributed by atoms with Crippen LogP contribution in [0.2, 0.25) is 0 Å². The monoisotopic (exact) mass is 929 g/mol. The van der Waals surface area contributed by atoms with E-state index in [1.807, 2.05) is 12.1 Å². The molecule has 0 unspecified atom stereocenters. The molecule has 4 aliphatic heterocycles. The molecule has 1 radical (unpaired) electrons. The minimum atomic E-state index is -1.02. The summed E-state index contributed by atoms with van der Waals surface area (Å²) in [6.45, 7) is 24.2. The molecule has 0 spiro atoms. The third-order valence-corrected chi connectivity index (χ3v) is 12.4. The molecule has 4 N–H and O–H groups in total. The van der Waals surface area contributed by atoms with Crippen LogP contribution in [0, 0.1) is 0 Å². The van der Waals surface area contributed by atoms with E-state index in [-0.39, 0.29) is 35.0 Å². The van der Waals surface area contributed by atoms with E-state index in [1.54, 1.807) is 6.07 Å². The number of thiocarbonyl (C=S) groups is 1. The summed E-state index contributed by atoms with van der Waals surface area (Å²) in [5.74, 6) is -0.315. The van der Waals surface area contributed by atoms with Gasteiger partial charge in [0.2, 0.25) is 5.36 Å². The number of rotatable bonds is 11. The van der Waals surface area contributed by atoms with Crippen LogP contribution in [-0.4, -0.2) is 123 Å². The van der Waals surface area contributed by atoms with Gasteiger partial charge in [-0.2, -0.15) is 0 Å².